The molecule has 3 aromatic rings. The Morgan fingerprint density at radius 2 is 1.40 bits per heavy atom. The molecule has 0 spiro atoms. The van der Waals surface area contributed by atoms with Crippen molar-refractivity contribution in [3.8, 4) is 17.2 Å². The third kappa shape index (κ3) is 5.43. The predicted molar refractivity (Wildman–Crippen MR) is 153 cm³/mol. The van der Waals surface area contributed by atoms with Gasteiger partial charge in [0.25, 0.3) is 5.91 Å². The van der Waals surface area contributed by atoms with Gasteiger partial charge in [-0.1, -0.05) is 11.6 Å². The molecule has 2 aliphatic heterocycles. The number of hydrogen-bond donors (Lipinski definition) is 0. The van der Waals surface area contributed by atoms with Crippen LogP contribution in [0.1, 0.15) is 21.5 Å². The molecule has 0 aromatic heterocycles. The van der Waals surface area contributed by atoms with Crippen LogP contribution in [0, 0.1) is 0 Å². The minimum atomic E-state index is -3.79. The summed E-state index contributed by atoms with van der Waals surface area (Å²) in [4.78, 5) is 17.0. The zero-order chi connectivity index (χ0) is 28.4. The molecule has 40 heavy (non-hydrogen) atoms. The monoisotopic (exact) mass is 585 g/mol. The Kier molecular flexibility index (Phi) is 8.11. The van der Waals surface area contributed by atoms with Gasteiger partial charge >= 0.3 is 0 Å². The van der Waals surface area contributed by atoms with E-state index in [4.69, 9.17) is 25.8 Å². The molecule has 1 amide bonds. The Morgan fingerprint density at radius 3 is 2.02 bits per heavy atom. The van der Waals surface area contributed by atoms with Crippen molar-refractivity contribution >= 4 is 33.2 Å². The van der Waals surface area contributed by atoms with Crippen LogP contribution in [0.5, 0.6) is 17.2 Å². The highest BCUT2D eigenvalue weighted by Gasteiger charge is 2.31. The number of rotatable bonds is 7. The van der Waals surface area contributed by atoms with Gasteiger partial charge in [-0.15, -0.1) is 0 Å². The SMILES string of the molecule is COc1cc2c(cc1OC)CN(S(=O)(=O)c1ccc(OC)c(N3CCN(C(=O)c4ccc(Cl)cc4)CC3)c1)CC2. The minimum absolute atomic E-state index is 0.0563. The molecule has 0 atom stereocenters. The molecule has 0 unspecified atom stereocenters. The number of halogens is 1. The molecule has 0 radical (unpaired) electrons. The third-order valence-electron chi connectivity index (χ3n) is 7.47. The fourth-order valence-corrected chi connectivity index (χ4v) is 6.78. The van der Waals surface area contributed by atoms with Crippen LogP contribution in [0.2, 0.25) is 5.02 Å². The van der Waals surface area contributed by atoms with Crippen LogP contribution in [0.4, 0.5) is 5.69 Å². The van der Waals surface area contributed by atoms with Gasteiger partial charge in [0.1, 0.15) is 5.75 Å². The largest absolute Gasteiger partial charge is 0.495 e. The van der Waals surface area contributed by atoms with Crippen molar-refractivity contribution in [2.45, 2.75) is 17.9 Å². The second-order valence-corrected chi connectivity index (χ2v) is 12.1. The number of methoxy groups -OCH3 is 3. The topological polar surface area (TPSA) is 88.6 Å². The van der Waals surface area contributed by atoms with E-state index in [-0.39, 0.29) is 17.3 Å². The zero-order valence-electron chi connectivity index (χ0n) is 22.7. The summed E-state index contributed by atoms with van der Waals surface area (Å²) in [5.41, 5.74) is 3.21. The fourth-order valence-electron chi connectivity index (χ4n) is 5.21. The molecule has 5 rings (SSSR count). The van der Waals surface area contributed by atoms with Gasteiger partial charge in [-0.2, -0.15) is 4.31 Å². The Balaban J connectivity index is 1.34. The Morgan fingerprint density at radius 1 is 0.775 bits per heavy atom. The summed E-state index contributed by atoms with van der Waals surface area (Å²) in [6, 6.07) is 15.6. The highest BCUT2D eigenvalue weighted by molar-refractivity contribution is 7.89. The quantitative estimate of drug-likeness (QED) is 0.413. The lowest BCUT2D eigenvalue weighted by Crippen LogP contribution is -2.49. The number of anilines is 1. The second-order valence-electron chi connectivity index (χ2n) is 9.68. The predicted octanol–water partition coefficient (Wildman–Crippen LogP) is 4.08. The number of benzene rings is 3. The first kappa shape index (κ1) is 28.1. The number of ether oxygens (including phenoxy) is 3. The maximum absolute atomic E-state index is 13.8. The molecule has 9 nitrogen and oxygen atoms in total. The van der Waals surface area contributed by atoms with E-state index >= 15 is 0 Å². The van der Waals surface area contributed by atoms with E-state index in [0.717, 1.165) is 11.1 Å². The molecule has 212 valence electrons. The van der Waals surface area contributed by atoms with Crippen molar-refractivity contribution in [2.75, 3.05) is 59.0 Å². The van der Waals surface area contributed by atoms with Crippen LogP contribution in [-0.2, 0) is 23.0 Å². The van der Waals surface area contributed by atoms with E-state index in [2.05, 4.69) is 4.90 Å². The number of piperazine rings is 1. The Bertz CT molecular complexity index is 1500. The summed E-state index contributed by atoms with van der Waals surface area (Å²) in [7, 11) is 0.929. The van der Waals surface area contributed by atoms with Crippen molar-refractivity contribution < 1.29 is 27.4 Å². The summed E-state index contributed by atoms with van der Waals surface area (Å²) in [5, 5.41) is 0.581. The van der Waals surface area contributed by atoms with Crippen molar-refractivity contribution in [2.24, 2.45) is 0 Å². The van der Waals surface area contributed by atoms with Gasteiger partial charge in [0, 0.05) is 49.9 Å². The molecule has 11 heteroatoms. The zero-order valence-corrected chi connectivity index (χ0v) is 24.3. The number of amides is 1. The van der Waals surface area contributed by atoms with E-state index in [9.17, 15) is 13.2 Å². The molecule has 1 fully saturated rings. The average Bonchev–Trinajstić information content (AvgIpc) is 2.99. The number of carbonyl (C=O) groups excluding carboxylic acids is 1. The first-order chi connectivity index (χ1) is 19.2. The maximum atomic E-state index is 13.8. The molecule has 2 aliphatic rings. The first-order valence-corrected chi connectivity index (χ1v) is 14.8. The van der Waals surface area contributed by atoms with Crippen LogP contribution >= 0.6 is 11.6 Å². The Labute approximate surface area is 239 Å². The van der Waals surface area contributed by atoms with Gasteiger partial charge in [0.15, 0.2) is 11.5 Å². The maximum Gasteiger partial charge on any atom is 0.253 e. The molecule has 0 N–H and O–H groups in total. The standard InChI is InChI=1S/C29H32ClN3O6S/c1-37-26-9-8-24(40(35,36)33-11-10-21-16-27(38-2)28(39-3)17-22(21)19-33)18-25(26)31-12-14-32(15-13-31)29(34)20-4-6-23(30)7-5-20/h4-9,16-18H,10-15,19H2,1-3H3. The first-order valence-electron chi connectivity index (χ1n) is 13.0. The molecular formula is C29H32ClN3O6S. The van der Waals surface area contributed by atoms with Crippen LogP contribution in [0.25, 0.3) is 0 Å². The van der Waals surface area contributed by atoms with E-state index in [1.165, 1.54) is 4.31 Å². The number of nitrogens with zero attached hydrogens (tertiary/aromatic N) is 3. The lowest BCUT2D eigenvalue weighted by Gasteiger charge is -2.37. The molecule has 0 saturated carbocycles. The molecular weight excluding hydrogens is 554 g/mol. The number of fused-ring (bicyclic) bond motifs is 1. The van der Waals surface area contributed by atoms with Gasteiger partial charge in [0.2, 0.25) is 10.0 Å². The van der Waals surface area contributed by atoms with Gasteiger partial charge in [0.05, 0.1) is 31.9 Å². The van der Waals surface area contributed by atoms with Crippen molar-refractivity contribution in [3.63, 3.8) is 0 Å². The van der Waals surface area contributed by atoms with Gasteiger partial charge in [-0.25, -0.2) is 8.42 Å². The van der Waals surface area contributed by atoms with Crippen LogP contribution in [-0.4, -0.2) is 77.6 Å². The summed E-state index contributed by atoms with van der Waals surface area (Å²) in [6.45, 7) is 2.67. The number of sulfonamides is 1. The summed E-state index contributed by atoms with van der Waals surface area (Å²) >= 11 is 5.96. The highest BCUT2D eigenvalue weighted by Crippen LogP contribution is 2.36. The van der Waals surface area contributed by atoms with E-state index < -0.39 is 10.0 Å². The molecule has 3 aromatic carbocycles. The lowest BCUT2D eigenvalue weighted by molar-refractivity contribution is 0.0746. The van der Waals surface area contributed by atoms with Crippen molar-refractivity contribution in [1.29, 1.82) is 0 Å². The minimum Gasteiger partial charge on any atom is -0.495 e. The fraction of sp³-hybridized carbons (Fsp3) is 0.345. The van der Waals surface area contributed by atoms with E-state index in [1.54, 1.807) is 68.7 Å². The average molecular weight is 586 g/mol. The van der Waals surface area contributed by atoms with E-state index in [0.29, 0.717) is 72.7 Å². The van der Waals surface area contributed by atoms with Crippen LogP contribution in [0.15, 0.2) is 59.5 Å². The third-order valence-corrected chi connectivity index (χ3v) is 9.56. The smallest absolute Gasteiger partial charge is 0.253 e. The summed E-state index contributed by atoms with van der Waals surface area (Å²) in [6.07, 6.45) is 0.571. The summed E-state index contributed by atoms with van der Waals surface area (Å²) < 4.78 is 45.5. The van der Waals surface area contributed by atoms with Crippen LogP contribution < -0.4 is 19.1 Å². The number of carbonyl (C=O) groups is 1. The molecule has 0 bridgehead atoms. The molecule has 1 saturated heterocycles. The summed E-state index contributed by atoms with van der Waals surface area (Å²) in [5.74, 6) is 1.73. The van der Waals surface area contributed by atoms with Crippen molar-refractivity contribution in [1.82, 2.24) is 9.21 Å². The van der Waals surface area contributed by atoms with Gasteiger partial charge < -0.3 is 24.0 Å². The van der Waals surface area contributed by atoms with Crippen LogP contribution in [0.3, 0.4) is 0 Å². The highest BCUT2D eigenvalue weighted by atomic mass is 35.5. The molecule has 0 aliphatic carbocycles. The van der Waals surface area contributed by atoms with Gasteiger partial charge in [-0.3, -0.25) is 4.79 Å². The Hall–Kier alpha value is -3.47. The van der Waals surface area contributed by atoms with Gasteiger partial charge in [-0.05, 0) is 72.1 Å². The molecule has 2 heterocycles. The lowest BCUT2D eigenvalue weighted by atomic mass is 10.0. The second kappa shape index (κ2) is 11.6. The normalized spacial score (nSPS) is 15.9. The van der Waals surface area contributed by atoms with E-state index in [1.807, 2.05) is 12.1 Å². The van der Waals surface area contributed by atoms with Crippen molar-refractivity contribution in [3.05, 3.63) is 76.3 Å². The number of hydrogen-bond acceptors (Lipinski definition) is 7.